The van der Waals surface area contributed by atoms with Crippen molar-refractivity contribution in [2.75, 3.05) is 10.8 Å². The van der Waals surface area contributed by atoms with Crippen LogP contribution >= 0.6 is 23.2 Å². The first-order valence-electron chi connectivity index (χ1n) is 8.92. The smallest absolute Gasteiger partial charge is 0.264 e. The topological polar surface area (TPSA) is 99.1 Å². The highest BCUT2D eigenvalue weighted by molar-refractivity contribution is 7.92. The maximum absolute atomic E-state index is 13.2. The molecule has 0 spiro atoms. The number of hydrazone groups is 1. The summed E-state index contributed by atoms with van der Waals surface area (Å²) in [6.07, 6.45) is 1.25. The zero-order chi connectivity index (χ0) is 22.4. The van der Waals surface area contributed by atoms with Crippen LogP contribution in [-0.2, 0) is 14.8 Å². The van der Waals surface area contributed by atoms with Crippen LogP contribution in [0.15, 0.2) is 82.8 Å². The molecular formula is C21H17Cl2N3O4S. The Morgan fingerprint density at radius 2 is 1.71 bits per heavy atom. The number of nitrogens with zero attached hydrogens (tertiary/aromatic N) is 2. The lowest BCUT2D eigenvalue weighted by Crippen LogP contribution is -2.39. The zero-order valence-electron chi connectivity index (χ0n) is 15.9. The number of rotatable bonds is 7. The van der Waals surface area contributed by atoms with E-state index in [0.717, 1.165) is 4.31 Å². The van der Waals surface area contributed by atoms with E-state index >= 15 is 0 Å². The number of amides is 1. The van der Waals surface area contributed by atoms with E-state index in [1.807, 2.05) is 0 Å². The van der Waals surface area contributed by atoms with Crippen molar-refractivity contribution < 1.29 is 18.3 Å². The predicted octanol–water partition coefficient (Wildman–Crippen LogP) is 4.04. The molecule has 0 heterocycles. The minimum Gasteiger partial charge on any atom is -0.507 e. The number of halogens is 2. The Bertz CT molecular complexity index is 1220. The van der Waals surface area contributed by atoms with E-state index in [2.05, 4.69) is 10.5 Å². The molecule has 0 unspecified atom stereocenters. The van der Waals surface area contributed by atoms with E-state index in [0.29, 0.717) is 10.6 Å². The molecule has 10 heteroatoms. The lowest BCUT2D eigenvalue weighted by atomic mass is 10.2. The second kappa shape index (κ2) is 9.82. The van der Waals surface area contributed by atoms with Gasteiger partial charge in [0.05, 0.1) is 21.8 Å². The van der Waals surface area contributed by atoms with Crippen LogP contribution in [-0.4, -0.2) is 32.2 Å². The van der Waals surface area contributed by atoms with Crippen LogP contribution in [0.5, 0.6) is 5.75 Å². The van der Waals surface area contributed by atoms with Gasteiger partial charge >= 0.3 is 0 Å². The minimum absolute atomic E-state index is 0.00785. The van der Waals surface area contributed by atoms with Crippen molar-refractivity contribution in [2.45, 2.75) is 4.90 Å². The van der Waals surface area contributed by atoms with Gasteiger partial charge in [0.25, 0.3) is 15.9 Å². The molecule has 160 valence electrons. The number of carbonyl (C=O) groups excluding carboxylic acids is 1. The number of para-hydroxylation sites is 1. The van der Waals surface area contributed by atoms with Crippen LogP contribution < -0.4 is 9.73 Å². The summed E-state index contributed by atoms with van der Waals surface area (Å²) >= 11 is 12.2. The minimum atomic E-state index is -4.12. The van der Waals surface area contributed by atoms with Gasteiger partial charge in [-0.3, -0.25) is 9.10 Å². The van der Waals surface area contributed by atoms with Gasteiger partial charge in [0.2, 0.25) is 0 Å². The van der Waals surface area contributed by atoms with E-state index in [1.54, 1.807) is 36.4 Å². The van der Waals surface area contributed by atoms with E-state index in [4.69, 9.17) is 23.2 Å². The molecule has 31 heavy (non-hydrogen) atoms. The summed E-state index contributed by atoms with van der Waals surface area (Å²) in [5.41, 5.74) is 2.74. The summed E-state index contributed by atoms with van der Waals surface area (Å²) in [6.45, 7) is -0.587. The summed E-state index contributed by atoms with van der Waals surface area (Å²) < 4.78 is 27.3. The average molecular weight is 478 g/mol. The van der Waals surface area contributed by atoms with E-state index in [1.165, 1.54) is 42.6 Å². The van der Waals surface area contributed by atoms with E-state index < -0.39 is 22.5 Å². The molecule has 0 aromatic heterocycles. The molecule has 7 nitrogen and oxygen atoms in total. The Labute approximate surface area is 189 Å². The van der Waals surface area contributed by atoms with Crippen molar-refractivity contribution in [2.24, 2.45) is 5.10 Å². The third kappa shape index (κ3) is 5.55. The second-order valence-corrected chi connectivity index (χ2v) is 8.98. The molecule has 0 saturated heterocycles. The summed E-state index contributed by atoms with van der Waals surface area (Å²) in [7, 11) is -4.12. The number of phenolic OH excluding ortho intramolecular Hbond substituents is 1. The number of hydrogen-bond acceptors (Lipinski definition) is 5. The highest BCUT2D eigenvalue weighted by Gasteiger charge is 2.28. The Hall–Kier alpha value is -3.07. The molecule has 3 aromatic carbocycles. The SMILES string of the molecule is O=C(CN(c1ccc(Cl)cc1Cl)S(=O)(=O)c1ccccc1)N/N=C\c1ccccc1O. The Balaban J connectivity index is 1.88. The fraction of sp³-hybridized carbons (Fsp3) is 0.0476. The summed E-state index contributed by atoms with van der Waals surface area (Å²) in [4.78, 5) is 12.5. The molecule has 0 saturated carbocycles. The largest absolute Gasteiger partial charge is 0.507 e. The lowest BCUT2D eigenvalue weighted by Gasteiger charge is -2.24. The maximum atomic E-state index is 13.2. The first-order valence-corrected chi connectivity index (χ1v) is 11.1. The van der Waals surface area contributed by atoms with Crippen LogP contribution in [0.3, 0.4) is 0 Å². The van der Waals surface area contributed by atoms with Gasteiger partial charge < -0.3 is 5.11 Å². The Kier molecular flexibility index (Phi) is 7.17. The van der Waals surface area contributed by atoms with Gasteiger partial charge in [-0.1, -0.05) is 53.5 Å². The number of anilines is 1. The number of hydrogen-bond donors (Lipinski definition) is 2. The molecule has 1 amide bonds. The first kappa shape index (κ1) is 22.6. The van der Waals surface area contributed by atoms with Gasteiger partial charge in [-0.2, -0.15) is 5.10 Å². The highest BCUT2D eigenvalue weighted by Crippen LogP contribution is 2.32. The van der Waals surface area contributed by atoms with Gasteiger partial charge in [-0.05, 0) is 42.5 Å². The molecule has 0 bridgehead atoms. The molecule has 0 fully saturated rings. The number of benzene rings is 3. The summed E-state index contributed by atoms with van der Waals surface area (Å²) in [6, 6.07) is 18.4. The average Bonchev–Trinajstić information content (AvgIpc) is 2.74. The molecule has 2 N–H and O–H groups in total. The quantitative estimate of drug-likeness (QED) is 0.396. The van der Waals surface area contributed by atoms with Crippen LogP contribution in [0.25, 0.3) is 0 Å². The van der Waals surface area contributed by atoms with Crippen molar-refractivity contribution in [1.82, 2.24) is 5.43 Å². The number of sulfonamides is 1. The van der Waals surface area contributed by atoms with Gasteiger partial charge in [-0.15, -0.1) is 0 Å². The van der Waals surface area contributed by atoms with Crippen molar-refractivity contribution in [3.63, 3.8) is 0 Å². The van der Waals surface area contributed by atoms with Gasteiger partial charge in [-0.25, -0.2) is 13.8 Å². The number of phenols is 1. The standard InChI is InChI=1S/C21H17Cl2N3O4S/c22-16-10-11-19(18(23)12-16)26(31(29,30)17-7-2-1-3-8-17)14-21(28)25-24-13-15-6-4-5-9-20(15)27/h1-13,27H,14H2,(H,25,28)/b24-13-. The fourth-order valence-corrected chi connectivity index (χ4v) is 4.66. The Morgan fingerprint density at radius 1 is 1.03 bits per heavy atom. The van der Waals surface area contributed by atoms with Crippen molar-refractivity contribution in [3.8, 4) is 5.75 Å². The molecule has 0 atom stereocenters. The lowest BCUT2D eigenvalue weighted by molar-refractivity contribution is -0.119. The third-order valence-corrected chi connectivity index (χ3v) is 6.44. The maximum Gasteiger partial charge on any atom is 0.264 e. The highest BCUT2D eigenvalue weighted by atomic mass is 35.5. The third-order valence-electron chi connectivity index (χ3n) is 4.13. The van der Waals surface area contributed by atoms with E-state index in [-0.39, 0.29) is 21.4 Å². The zero-order valence-corrected chi connectivity index (χ0v) is 18.3. The van der Waals surface area contributed by atoms with Gasteiger partial charge in [0.15, 0.2) is 0 Å². The van der Waals surface area contributed by atoms with Crippen molar-refractivity contribution in [3.05, 3.63) is 88.4 Å². The van der Waals surface area contributed by atoms with Crippen molar-refractivity contribution >= 4 is 51.0 Å². The van der Waals surface area contributed by atoms with Gasteiger partial charge in [0.1, 0.15) is 12.3 Å². The summed E-state index contributed by atoms with van der Waals surface area (Å²) in [5, 5.41) is 13.9. The second-order valence-electron chi connectivity index (χ2n) is 6.27. The van der Waals surface area contributed by atoms with Crippen LogP contribution in [0.4, 0.5) is 5.69 Å². The van der Waals surface area contributed by atoms with E-state index in [9.17, 15) is 18.3 Å². The Morgan fingerprint density at radius 3 is 2.39 bits per heavy atom. The molecule has 0 radical (unpaired) electrons. The van der Waals surface area contributed by atoms with Crippen LogP contribution in [0, 0.1) is 0 Å². The first-order chi connectivity index (χ1) is 14.8. The van der Waals surface area contributed by atoms with Gasteiger partial charge in [0, 0.05) is 10.6 Å². The number of aromatic hydroxyl groups is 1. The van der Waals surface area contributed by atoms with Crippen molar-refractivity contribution in [1.29, 1.82) is 0 Å². The fourth-order valence-electron chi connectivity index (χ4n) is 2.64. The summed E-state index contributed by atoms with van der Waals surface area (Å²) in [5.74, 6) is -0.723. The predicted molar refractivity (Wildman–Crippen MR) is 121 cm³/mol. The molecule has 0 aliphatic heterocycles. The van der Waals surface area contributed by atoms with Crippen LogP contribution in [0.1, 0.15) is 5.56 Å². The number of nitrogens with one attached hydrogen (secondary N) is 1. The molecule has 3 aromatic rings. The normalized spacial score (nSPS) is 11.4. The van der Waals surface area contributed by atoms with Crippen LogP contribution in [0.2, 0.25) is 10.0 Å². The monoisotopic (exact) mass is 477 g/mol. The molecular weight excluding hydrogens is 461 g/mol. The molecule has 0 aliphatic rings. The molecule has 0 aliphatic carbocycles. The number of carbonyl (C=O) groups is 1. The molecule has 3 rings (SSSR count).